The topological polar surface area (TPSA) is 150 Å². The van der Waals surface area contributed by atoms with Crippen LogP contribution in [0.25, 0.3) is 0 Å². The van der Waals surface area contributed by atoms with E-state index < -0.39 is 62.3 Å². The quantitative estimate of drug-likeness (QED) is 0.312. The van der Waals surface area contributed by atoms with Crippen molar-refractivity contribution in [3.05, 3.63) is 17.2 Å². The lowest BCUT2D eigenvalue weighted by molar-refractivity contribution is -0.0614. The molecule has 6 N–H and O–H groups in total. The van der Waals surface area contributed by atoms with E-state index in [-0.39, 0.29) is 4.77 Å². The summed E-state index contributed by atoms with van der Waals surface area (Å²) in [4.78, 5) is 0. The SMILES string of the molecule is OCC1OC(n2ccn([C@@H]3O[C@H](CO)[C@@H](O)[C@H]3O)c2=S)C(O)C1O. The fourth-order valence-corrected chi connectivity index (χ4v) is 3.34. The second-order valence-electron chi connectivity index (χ2n) is 5.85. The first-order valence-electron chi connectivity index (χ1n) is 7.44. The highest BCUT2D eigenvalue weighted by Gasteiger charge is 2.46. The Kier molecular flexibility index (Phi) is 5.06. The lowest BCUT2D eigenvalue weighted by Gasteiger charge is -2.19. The lowest BCUT2D eigenvalue weighted by atomic mass is 10.1. The number of rotatable bonds is 4. The molecule has 136 valence electrons. The minimum absolute atomic E-state index is 0.111. The largest absolute Gasteiger partial charge is 0.394 e. The summed E-state index contributed by atoms with van der Waals surface area (Å²) in [7, 11) is 0. The number of aliphatic hydroxyl groups excluding tert-OH is 6. The molecule has 2 aliphatic rings. The van der Waals surface area contributed by atoms with E-state index in [2.05, 4.69) is 0 Å². The first-order chi connectivity index (χ1) is 11.4. The van der Waals surface area contributed by atoms with E-state index in [1.165, 1.54) is 21.5 Å². The third-order valence-electron chi connectivity index (χ3n) is 4.41. The van der Waals surface area contributed by atoms with Gasteiger partial charge in [0.15, 0.2) is 17.2 Å². The molecule has 4 unspecified atom stereocenters. The Morgan fingerprint density at radius 1 is 0.792 bits per heavy atom. The highest BCUT2D eigenvalue weighted by molar-refractivity contribution is 7.71. The Hall–Kier alpha value is -0.890. The summed E-state index contributed by atoms with van der Waals surface area (Å²) in [5.74, 6) is 0. The summed E-state index contributed by atoms with van der Waals surface area (Å²) in [5.41, 5.74) is 0. The molecular weight excluding hydrogens is 344 g/mol. The number of hydrogen-bond acceptors (Lipinski definition) is 9. The van der Waals surface area contributed by atoms with Crippen LogP contribution in [0, 0.1) is 4.77 Å². The van der Waals surface area contributed by atoms with Gasteiger partial charge in [-0.05, 0) is 12.2 Å². The van der Waals surface area contributed by atoms with E-state index >= 15 is 0 Å². The molecule has 0 spiro atoms. The summed E-state index contributed by atoms with van der Waals surface area (Å²) in [6.07, 6.45) is -6.09. The molecule has 3 rings (SSSR count). The molecule has 2 aliphatic heterocycles. The molecule has 0 radical (unpaired) electrons. The fourth-order valence-electron chi connectivity index (χ4n) is 3.01. The van der Waals surface area contributed by atoms with Crippen LogP contribution in [0.4, 0.5) is 0 Å². The Labute approximate surface area is 141 Å². The smallest absolute Gasteiger partial charge is 0.184 e. The van der Waals surface area contributed by atoms with E-state index in [1.54, 1.807) is 0 Å². The van der Waals surface area contributed by atoms with E-state index in [4.69, 9.17) is 31.9 Å². The zero-order valence-corrected chi connectivity index (χ0v) is 13.3. The normalized spacial score (nSPS) is 42.8. The van der Waals surface area contributed by atoms with Crippen molar-refractivity contribution >= 4 is 12.2 Å². The maximum Gasteiger partial charge on any atom is 0.184 e. The molecule has 1 aromatic rings. The predicted molar refractivity (Wildman–Crippen MR) is 79.3 cm³/mol. The molecule has 8 atom stereocenters. The molecule has 0 aliphatic carbocycles. The maximum absolute atomic E-state index is 10.1. The van der Waals surface area contributed by atoms with Gasteiger partial charge in [-0.15, -0.1) is 0 Å². The van der Waals surface area contributed by atoms with Crippen LogP contribution in [0.5, 0.6) is 0 Å². The van der Waals surface area contributed by atoms with Crippen molar-refractivity contribution in [3.8, 4) is 0 Å². The molecule has 10 nitrogen and oxygen atoms in total. The van der Waals surface area contributed by atoms with Crippen molar-refractivity contribution in [3.63, 3.8) is 0 Å². The summed E-state index contributed by atoms with van der Waals surface area (Å²) in [5, 5.41) is 58.1. The second kappa shape index (κ2) is 6.78. The first kappa shape index (κ1) is 17.9. The highest BCUT2D eigenvalue weighted by atomic mass is 32.1. The second-order valence-corrected chi connectivity index (χ2v) is 6.22. The zero-order valence-electron chi connectivity index (χ0n) is 12.5. The molecule has 1 aromatic heterocycles. The molecule has 0 aromatic carbocycles. The average molecular weight is 364 g/mol. The summed E-state index contributed by atoms with van der Waals surface area (Å²) >= 11 is 5.29. The number of ether oxygens (including phenoxy) is 2. The van der Waals surface area contributed by atoms with Crippen LogP contribution >= 0.6 is 12.2 Å². The van der Waals surface area contributed by atoms with E-state index in [9.17, 15) is 20.4 Å². The van der Waals surface area contributed by atoms with Crippen molar-refractivity contribution in [1.82, 2.24) is 9.13 Å². The molecule has 3 heterocycles. The van der Waals surface area contributed by atoms with E-state index in [1.807, 2.05) is 0 Å². The Morgan fingerprint density at radius 3 is 1.46 bits per heavy atom. The third-order valence-corrected chi connectivity index (χ3v) is 4.83. The highest BCUT2D eigenvalue weighted by Crippen LogP contribution is 2.33. The first-order valence-corrected chi connectivity index (χ1v) is 7.85. The predicted octanol–water partition coefficient (Wildman–Crippen LogP) is -2.76. The molecule has 11 heteroatoms. The van der Waals surface area contributed by atoms with Crippen LogP contribution in [-0.2, 0) is 9.47 Å². The van der Waals surface area contributed by atoms with Crippen molar-refractivity contribution < 1.29 is 40.1 Å². The standard InChI is InChI=1S/C13H20N2O8S/c16-3-5-7(18)9(20)11(22-5)14-1-2-15(13(14)24)12-10(21)8(19)6(4-17)23-12/h1-2,5-12,16-21H,3-4H2/t5-,6?,7-,8?,9-,10?,11-,12?/m1/s1. The van der Waals surface area contributed by atoms with E-state index in [0.717, 1.165) is 0 Å². The Morgan fingerprint density at radius 2 is 1.17 bits per heavy atom. The minimum atomic E-state index is -1.30. The number of aromatic nitrogens is 2. The van der Waals surface area contributed by atoms with Gasteiger partial charge in [-0.3, -0.25) is 9.13 Å². The van der Waals surface area contributed by atoms with Gasteiger partial charge in [0.05, 0.1) is 13.2 Å². The average Bonchev–Trinajstić information content (AvgIpc) is 3.17. The monoisotopic (exact) mass is 364 g/mol. The Balaban J connectivity index is 1.86. The van der Waals surface area contributed by atoms with Crippen LogP contribution in [0.3, 0.4) is 0 Å². The van der Waals surface area contributed by atoms with Crippen LogP contribution < -0.4 is 0 Å². The number of hydrogen-bond donors (Lipinski definition) is 6. The zero-order chi connectivity index (χ0) is 17.6. The number of imidazole rings is 1. The van der Waals surface area contributed by atoms with Crippen molar-refractivity contribution in [1.29, 1.82) is 0 Å². The van der Waals surface area contributed by atoms with Gasteiger partial charge in [-0.1, -0.05) is 0 Å². The molecular formula is C13H20N2O8S. The molecule has 24 heavy (non-hydrogen) atoms. The van der Waals surface area contributed by atoms with Gasteiger partial charge in [0.25, 0.3) is 0 Å². The van der Waals surface area contributed by atoms with Crippen LogP contribution in [0.2, 0.25) is 0 Å². The summed E-state index contributed by atoms with van der Waals surface area (Å²) < 4.78 is 13.6. The van der Waals surface area contributed by atoms with E-state index in [0.29, 0.717) is 0 Å². The molecule has 2 saturated heterocycles. The van der Waals surface area contributed by atoms with Crippen molar-refractivity contribution in [2.75, 3.05) is 13.2 Å². The minimum Gasteiger partial charge on any atom is -0.394 e. The van der Waals surface area contributed by atoms with Gasteiger partial charge < -0.3 is 40.1 Å². The van der Waals surface area contributed by atoms with Gasteiger partial charge in [-0.25, -0.2) is 0 Å². The van der Waals surface area contributed by atoms with Crippen LogP contribution in [0.15, 0.2) is 12.4 Å². The number of aliphatic hydroxyl groups is 6. The Bertz CT molecular complexity index is 585. The van der Waals surface area contributed by atoms with Gasteiger partial charge in [-0.2, -0.15) is 0 Å². The maximum atomic E-state index is 10.1. The summed E-state index contributed by atoms with van der Waals surface area (Å²) in [6.45, 7) is -0.921. The van der Waals surface area contributed by atoms with Gasteiger partial charge in [0, 0.05) is 12.4 Å². The third kappa shape index (κ3) is 2.71. The van der Waals surface area contributed by atoms with Gasteiger partial charge in [0.1, 0.15) is 36.6 Å². The van der Waals surface area contributed by atoms with Gasteiger partial charge in [0.2, 0.25) is 0 Å². The van der Waals surface area contributed by atoms with Crippen LogP contribution in [-0.4, -0.2) is 89.6 Å². The van der Waals surface area contributed by atoms with Gasteiger partial charge >= 0.3 is 0 Å². The lowest BCUT2D eigenvalue weighted by Crippen LogP contribution is -2.33. The molecule has 0 saturated carbocycles. The van der Waals surface area contributed by atoms with Crippen molar-refractivity contribution in [2.24, 2.45) is 0 Å². The number of nitrogens with zero attached hydrogens (tertiary/aromatic N) is 2. The van der Waals surface area contributed by atoms with Crippen molar-refractivity contribution in [2.45, 2.75) is 49.1 Å². The molecule has 2 fully saturated rings. The molecule has 0 amide bonds. The fraction of sp³-hybridized carbons (Fsp3) is 0.769. The molecule has 0 bridgehead atoms. The summed E-state index contributed by atoms with van der Waals surface area (Å²) in [6, 6.07) is 0. The van der Waals surface area contributed by atoms with Crippen LogP contribution in [0.1, 0.15) is 12.5 Å².